The lowest BCUT2D eigenvalue weighted by Crippen LogP contribution is -2.68. The topological polar surface area (TPSA) is 60.9 Å². The Morgan fingerprint density at radius 3 is 2.88 bits per heavy atom. The van der Waals surface area contributed by atoms with E-state index in [-0.39, 0.29) is 23.5 Å². The number of aromatic nitrogens is 1. The van der Waals surface area contributed by atoms with Gasteiger partial charge in [0.2, 0.25) is 5.91 Å². The van der Waals surface area contributed by atoms with Crippen LogP contribution in [0.15, 0.2) is 5.38 Å². The third kappa shape index (κ3) is 3.89. The van der Waals surface area contributed by atoms with Crippen LogP contribution in [-0.4, -0.2) is 60.4 Å². The third-order valence-electron chi connectivity index (χ3n) is 5.42. The molecule has 0 saturated carbocycles. The number of hydrogen-bond acceptors (Lipinski definition) is 6. The van der Waals surface area contributed by atoms with Gasteiger partial charge in [-0.1, -0.05) is 0 Å². The molecule has 1 spiro atoms. The minimum atomic E-state index is -0.193. The van der Waals surface area contributed by atoms with Gasteiger partial charge in [-0.2, -0.15) is 0 Å². The Kier molecular flexibility index (Phi) is 5.08. The Balaban J connectivity index is 1.26. The SMILES string of the molecule is Cc1nc(COC2CCOC3(C2)CN(C(=O)C2CCOCC2)C3)cs1. The van der Waals surface area contributed by atoms with Crippen molar-refractivity contribution in [3.05, 3.63) is 16.1 Å². The molecule has 0 radical (unpaired) electrons. The molecule has 3 aliphatic rings. The summed E-state index contributed by atoms with van der Waals surface area (Å²) in [7, 11) is 0. The smallest absolute Gasteiger partial charge is 0.226 e. The molecule has 7 heteroatoms. The van der Waals surface area contributed by atoms with Gasteiger partial charge in [0, 0.05) is 37.5 Å². The van der Waals surface area contributed by atoms with Crippen LogP contribution in [0.1, 0.15) is 36.4 Å². The highest BCUT2D eigenvalue weighted by Gasteiger charge is 2.50. The van der Waals surface area contributed by atoms with Gasteiger partial charge in [0.15, 0.2) is 0 Å². The van der Waals surface area contributed by atoms with Crippen LogP contribution in [0, 0.1) is 12.8 Å². The molecule has 4 heterocycles. The molecular weight excluding hydrogens is 340 g/mol. The van der Waals surface area contributed by atoms with Gasteiger partial charge in [0.1, 0.15) is 5.60 Å². The van der Waals surface area contributed by atoms with E-state index in [1.807, 2.05) is 11.8 Å². The van der Waals surface area contributed by atoms with Crippen LogP contribution >= 0.6 is 11.3 Å². The average molecular weight is 366 g/mol. The zero-order valence-electron chi connectivity index (χ0n) is 14.7. The van der Waals surface area contributed by atoms with E-state index in [0.717, 1.165) is 36.4 Å². The summed E-state index contributed by atoms with van der Waals surface area (Å²) in [5.41, 5.74) is 0.815. The summed E-state index contributed by atoms with van der Waals surface area (Å²) in [6.45, 7) is 6.11. The molecule has 1 aromatic heterocycles. The quantitative estimate of drug-likeness (QED) is 0.817. The van der Waals surface area contributed by atoms with Crippen LogP contribution in [0.5, 0.6) is 0 Å². The molecule has 1 unspecified atom stereocenters. The molecular formula is C18H26N2O4S. The van der Waals surface area contributed by atoms with Crippen molar-refractivity contribution in [2.24, 2.45) is 5.92 Å². The van der Waals surface area contributed by atoms with Crippen molar-refractivity contribution in [1.82, 2.24) is 9.88 Å². The van der Waals surface area contributed by atoms with E-state index in [4.69, 9.17) is 14.2 Å². The lowest BCUT2D eigenvalue weighted by atomic mass is 9.83. The maximum atomic E-state index is 12.6. The summed E-state index contributed by atoms with van der Waals surface area (Å²) >= 11 is 1.65. The fourth-order valence-electron chi connectivity index (χ4n) is 4.03. The summed E-state index contributed by atoms with van der Waals surface area (Å²) in [5, 5.41) is 3.13. The molecule has 6 nitrogen and oxygen atoms in total. The van der Waals surface area contributed by atoms with E-state index in [1.165, 1.54) is 0 Å². The first-order valence-corrected chi connectivity index (χ1v) is 10.0. The fourth-order valence-corrected chi connectivity index (χ4v) is 4.63. The van der Waals surface area contributed by atoms with Crippen LogP contribution in [0.25, 0.3) is 0 Å². The molecule has 1 amide bonds. The van der Waals surface area contributed by atoms with Crippen LogP contribution in [0.4, 0.5) is 0 Å². The predicted octanol–water partition coefficient (Wildman–Crippen LogP) is 2.15. The summed E-state index contributed by atoms with van der Waals surface area (Å²) < 4.78 is 17.5. The van der Waals surface area contributed by atoms with E-state index in [1.54, 1.807) is 11.3 Å². The highest BCUT2D eigenvalue weighted by molar-refractivity contribution is 7.09. The van der Waals surface area contributed by atoms with Crippen LogP contribution in [0.3, 0.4) is 0 Å². The molecule has 3 aliphatic heterocycles. The Morgan fingerprint density at radius 1 is 1.36 bits per heavy atom. The number of amides is 1. The van der Waals surface area contributed by atoms with Crippen LogP contribution < -0.4 is 0 Å². The first-order chi connectivity index (χ1) is 12.1. The summed E-state index contributed by atoms with van der Waals surface area (Å²) in [4.78, 5) is 19.0. The van der Waals surface area contributed by atoms with Gasteiger partial charge in [-0.3, -0.25) is 4.79 Å². The molecule has 25 heavy (non-hydrogen) atoms. The number of hydrogen-bond donors (Lipinski definition) is 0. The van der Waals surface area contributed by atoms with E-state index >= 15 is 0 Å². The number of carbonyl (C=O) groups excluding carboxylic acids is 1. The number of carbonyl (C=O) groups is 1. The molecule has 0 bridgehead atoms. The molecule has 1 atom stereocenters. The monoisotopic (exact) mass is 366 g/mol. The van der Waals surface area contributed by atoms with Crippen molar-refractivity contribution in [2.45, 2.75) is 50.9 Å². The third-order valence-corrected chi connectivity index (χ3v) is 6.24. The zero-order chi connectivity index (χ0) is 17.3. The van der Waals surface area contributed by atoms with Gasteiger partial charge < -0.3 is 19.1 Å². The molecule has 0 aromatic carbocycles. The number of likely N-dealkylation sites (tertiary alicyclic amines) is 1. The van der Waals surface area contributed by atoms with Crippen LogP contribution in [0.2, 0.25) is 0 Å². The summed E-state index contributed by atoms with van der Waals surface area (Å²) in [6, 6.07) is 0. The second-order valence-corrected chi connectivity index (χ2v) is 8.46. The summed E-state index contributed by atoms with van der Waals surface area (Å²) in [5.74, 6) is 0.410. The number of aryl methyl sites for hydroxylation is 1. The van der Waals surface area contributed by atoms with Crippen molar-refractivity contribution in [3.63, 3.8) is 0 Å². The summed E-state index contributed by atoms with van der Waals surface area (Å²) in [6.07, 6.45) is 3.67. The van der Waals surface area contributed by atoms with Crippen molar-refractivity contribution < 1.29 is 19.0 Å². The van der Waals surface area contributed by atoms with Crippen molar-refractivity contribution in [2.75, 3.05) is 32.9 Å². The molecule has 0 aliphatic carbocycles. The number of nitrogens with zero attached hydrogens (tertiary/aromatic N) is 2. The van der Waals surface area contributed by atoms with Crippen molar-refractivity contribution in [1.29, 1.82) is 0 Å². The van der Waals surface area contributed by atoms with Gasteiger partial charge in [0.25, 0.3) is 0 Å². The maximum Gasteiger partial charge on any atom is 0.226 e. The second kappa shape index (κ2) is 7.31. The Bertz CT molecular complexity index is 608. The van der Waals surface area contributed by atoms with Gasteiger partial charge in [-0.25, -0.2) is 4.98 Å². The predicted molar refractivity (Wildman–Crippen MR) is 93.5 cm³/mol. The van der Waals surface area contributed by atoms with Gasteiger partial charge in [-0.05, 0) is 26.2 Å². The first-order valence-electron chi connectivity index (χ1n) is 9.17. The van der Waals surface area contributed by atoms with Gasteiger partial charge >= 0.3 is 0 Å². The fraction of sp³-hybridized carbons (Fsp3) is 0.778. The van der Waals surface area contributed by atoms with E-state index in [9.17, 15) is 4.79 Å². The lowest BCUT2D eigenvalue weighted by molar-refractivity contribution is -0.205. The van der Waals surface area contributed by atoms with Gasteiger partial charge in [-0.15, -0.1) is 11.3 Å². The molecule has 3 fully saturated rings. The maximum absolute atomic E-state index is 12.6. The van der Waals surface area contributed by atoms with Gasteiger partial charge in [0.05, 0.1) is 36.5 Å². The lowest BCUT2D eigenvalue weighted by Gasteiger charge is -2.53. The number of rotatable bonds is 4. The largest absolute Gasteiger partial charge is 0.381 e. The van der Waals surface area contributed by atoms with Crippen molar-refractivity contribution >= 4 is 17.2 Å². The Labute approximate surface area is 152 Å². The van der Waals surface area contributed by atoms with Crippen LogP contribution in [-0.2, 0) is 25.6 Å². The minimum absolute atomic E-state index is 0.134. The molecule has 1 aromatic rings. The zero-order valence-corrected chi connectivity index (χ0v) is 15.6. The second-order valence-electron chi connectivity index (χ2n) is 7.40. The van der Waals surface area contributed by atoms with E-state index < -0.39 is 0 Å². The van der Waals surface area contributed by atoms with E-state index in [2.05, 4.69) is 10.4 Å². The highest BCUT2D eigenvalue weighted by atomic mass is 32.1. The Hall–Kier alpha value is -1.02. The van der Waals surface area contributed by atoms with E-state index in [0.29, 0.717) is 39.5 Å². The average Bonchev–Trinajstić information content (AvgIpc) is 3.03. The molecule has 0 N–H and O–H groups in total. The standard InChI is InChI=1S/C18H26N2O4S/c1-13-19-15(10-25-13)9-23-16-4-7-24-18(8-16)11-20(12-18)17(21)14-2-5-22-6-3-14/h10,14,16H,2-9,11-12H2,1H3. The number of ether oxygens (including phenoxy) is 3. The minimum Gasteiger partial charge on any atom is -0.381 e. The van der Waals surface area contributed by atoms with Crippen molar-refractivity contribution in [3.8, 4) is 0 Å². The molecule has 138 valence electrons. The molecule has 4 rings (SSSR count). The Morgan fingerprint density at radius 2 is 2.16 bits per heavy atom. The normalized spacial score (nSPS) is 26.6. The molecule has 3 saturated heterocycles. The number of thiazole rings is 1. The first kappa shape index (κ1) is 17.4. The highest BCUT2D eigenvalue weighted by Crippen LogP contribution is 2.37.